The fraction of sp³-hybridized carbons (Fsp3) is 0.857. The Hall–Kier alpha value is -1.06. The third-order valence-corrected chi connectivity index (χ3v) is 3.83. The lowest BCUT2D eigenvalue weighted by Crippen LogP contribution is -2.43. The number of rotatable bonds is 3. The zero-order valence-electron chi connectivity index (χ0n) is 11.7. The monoisotopic (exact) mass is 253 g/mol. The van der Waals surface area contributed by atoms with Gasteiger partial charge in [0.05, 0.1) is 0 Å². The first-order valence-electron chi connectivity index (χ1n) is 6.83. The topological polar surface area (TPSA) is 55.4 Å². The summed E-state index contributed by atoms with van der Waals surface area (Å²) in [6.45, 7) is 7.16. The largest absolute Gasteiger partial charge is 0.458 e. The summed E-state index contributed by atoms with van der Waals surface area (Å²) in [5.74, 6) is 0.986. The summed E-state index contributed by atoms with van der Waals surface area (Å²) >= 11 is 0. The summed E-state index contributed by atoms with van der Waals surface area (Å²) in [5.41, 5.74) is -0.508. The summed E-state index contributed by atoms with van der Waals surface area (Å²) in [5, 5.41) is 2.78. The maximum atomic E-state index is 12.0. The van der Waals surface area contributed by atoms with Crippen LogP contribution in [0.1, 0.15) is 47.0 Å². The summed E-state index contributed by atoms with van der Waals surface area (Å²) in [4.78, 5) is 23.7. The highest BCUT2D eigenvalue weighted by Crippen LogP contribution is 2.57. The van der Waals surface area contributed by atoms with Crippen LogP contribution >= 0.6 is 0 Å². The molecule has 0 radical (unpaired) electrons. The lowest BCUT2D eigenvalue weighted by Gasteiger charge is -2.22. The number of carbonyl (C=O) groups is 2. The molecule has 0 heterocycles. The van der Waals surface area contributed by atoms with Crippen LogP contribution in [0.5, 0.6) is 0 Å². The standard InChI is InChI=1S/C14H23NO3/c1-8(13(17)18-14(2,3)4)15-12(16)11-9-6-5-7-10(9)11/h8-11H,5-7H2,1-4H3,(H,15,16)/t8-,9?,10?,11?/m1/s1. The van der Waals surface area contributed by atoms with Crippen molar-refractivity contribution in [3.05, 3.63) is 0 Å². The fourth-order valence-electron chi connectivity index (χ4n) is 2.97. The minimum Gasteiger partial charge on any atom is -0.458 e. The van der Waals surface area contributed by atoms with Crippen molar-refractivity contribution < 1.29 is 14.3 Å². The van der Waals surface area contributed by atoms with E-state index in [0.717, 1.165) is 0 Å². The van der Waals surface area contributed by atoms with Crippen LogP contribution < -0.4 is 5.32 Å². The number of hydrogen-bond donors (Lipinski definition) is 1. The van der Waals surface area contributed by atoms with Gasteiger partial charge in [0, 0.05) is 5.92 Å². The molecule has 0 aromatic rings. The molecule has 0 aromatic carbocycles. The molecule has 102 valence electrons. The molecule has 4 nitrogen and oxygen atoms in total. The number of fused-ring (bicyclic) bond motifs is 1. The van der Waals surface area contributed by atoms with Crippen molar-refractivity contribution >= 4 is 11.9 Å². The molecule has 0 bridgehead atoms. The summed E-state index contributed by atoms with van der Waals surface area (Å²) in [6.07, 6.45) is 3.59. The van der Waals surface area contributed by atoms with Gasteiger partial charge in [-0.2, -0.15) is 0 Å². The summed E-state index contributed by atoms with van der Waals surface area (Å²) < 4.78 is 5.24. The summed E-state index contributed by atoms with van der Waals surface area (Å²) in [7, 11) is 0. The molecule has 2 fully saturated rings. The van der Waals surface area contributed by atoms with Crippen LogP contribution in [0.25, 0.3) is 0 Å². The third-order valence-electron chi connectivity index (χ3n) is 3.83. The van der Waals surface area contributed by atoms with Crippen LogP contribution in [0.2, 0.25) is 0 Å². The van der Waals surface area contributed by atoms with Gasteiger partial charge in [0.15, 0.2) is 0 Å². The van der Waals surface area contributed by atoms with E-state index in [1.807, 2.05) is 20.8 Å². The Morgan fingerprint density at radius 3 is 2.28 bits per heavy atom. The molecule has 2 saturated carbocycles. The van der Waals surface area contributed by atoms with Gasteiger partial charge in [-0.15, -0.1) is 0 Å². The predicted octanol–water partition coefficient (Wildman–Crippen LogP) is 1.88. The molecule has 2 unspecified atom stereocenters. The Morgan fingerprint density at radius 2 is 1.78 bits per heavy atom. The van der Waals surface area contributed by atoms with Crippen molar-refractivity contribution in [2.75, 3.05) is 0 Å². The first-order valence-corrected chi connectivity index (χ1v) is 6.83. The lowest BCUT2D eigenvalue weighted by atomic mass is 10.1. The Morgan fingerprint density at radius 1 is 1.22 bits per heavy atom. The second-order valence-electron chi connectivity index (χ2n) is 6.55. The lowest BCUT2D eigenvalue weighted by molar-refractivity contribution is -0.158. The minimum absolute atomic E-state index is 0.0306. The molecule has 1 amide bonds. The van der Waals surface area contributed by atoms with Crippen molar-refractivity contribution in [1.29, 1.82) is 0 Å². The van der Waals surface area contributed by atoms with Gasteiger partial charge in [-0.05, 0) is 52.4 Å². The fourth-order valence-corrected chi connectivity index (χ4v) is 2.97. The van der Waals surface area contributed by atoms with Crippen molar-refractivity contribution in [1.82, 2.24) is 5.32 Å². The first-order chi connectivity index (χ1) is 8.29. The maximum Gasteiger partial charge on any atom is 0.328 e. The van der Waals surface area contributed by atoms with Crippen LogP contribution in [0.4, 0.5) is 0 Å². The number of hydrogen-bond acceptors (Lipinski definition) is 3. The number of nitrogens with one attached hydrogen (secondary N) is 1. The zero-order valence-corrected chi connectivity index (χ0v) is 11.7. The van der Waals surface area contributed by atoms with E-state index in [0.29, 0.717) is 11.8 Å². The van der Waals surface area contributed by atoms with E-state index < -0.39 is 11.6 Å². The second kappa shape index (κ2) is 4.56. The highest BCUT2D eigenvalue weighted by atomic mass is 16.6. The number of esters is 1. The van der Waals surface area contributed by atoms with Gasteiger partial charge < -0.3 is 10.1 Å². The van der Waals surface area contributed by atoms with Crippen molar-refractivity contribution in [3.63, 3.8) is 0 Å². The predicted molar refractivity (Wildman–Crippen MR) is 67.8 cm³/mol. The smallest absolute Gasteiger partial charge is 0.328 e. The van der Waals surface area contributed by atoms with E-state index in [4.69, 9.17) is 4.74 Å². The number of amides is 1. The highest BCUT2D eigenvalue weighted by Gasteiger charge is 2.56. The number of ether oxygens (including phenoxy) is 1. The third kappa shape index (κ3) is 2.85. The van der Waals surface area contributed by atoms with Crippen molar-refractivity contribution in [2.45, 2.75) is 58.6 Å². The molecule has 2 rings (SSSR count). The van der Waals surface area contributed by atoms with Gasteiger partial charge in [0.25, 0.3) is 0 Å². The second-order valence-corrected chi connectivity index (χ2v) is 6.55. The molecule has 18 heavy (non-hydrogen) atoms. The molecule has 0 aromatic heterocycles. The molecule has 3 atom stereocenters. The van der Waals surface area contributed by atoms with Gasteiger partial charge in [-0.3, -0.25) is 4.79 Å². The molecule has 4 heteroatoms. The zero-order chi connectivity index (χ0) is 13.5. The van der Waals surface area contributed by atoms with Crippen molar-refractivity contribution in [3.8, 4) is 0 Å². The Bertz CT molecular complexity index is 349. The average Bonchev–Trinajstić information content (AvgIpc) is 2.70. The molecule has 2 aliphatic rings. The molecule has 2 aliphatic carbocycles. The molecular formula is C14H23NO3. The van der Waals surface area contributed by atoms with E-state index in [-0.39, 0.29) is 17.8 Å². The normalized spacial score (nSPS) is 31.4. The van der Waals surface area contributed by atoms with Gasteiger partial charge in [0.1, 0.15) is 11.6 Å². The minimum atomic E-state index is -0.557. The first kappa shape index (κ1) is 13.4. The Balaban J connectivity index is 1.79. The Kier molecular flexibility index (Phi) is 3.39. The van der Waals surface area contributed by atoms with Crippen LogP contribution in [0.15, 0.2) is 0 Å². The van der Waals surface area contributed by atoms with Gasteiger partial charge >= 0.3 is 5.97 Å². The van der Waals surface area contributed by atoms with E-state index in [1.165, 1.54) is 19.3 Å². The Labute approximate surface area is 108 Å². The van der Waals surface area contributed by atoms with Gasteiger partial charge in [0.2, 0.25) is 5.91 Å². The quantitative estimate of drug-likeness (QED) is 0.781. The molecule has 0 aliphatic heterocycles. The van der Waals surface area contributed by atoms with Crippen LogP contribution in [-0.2, 0) is 14.3 Å². The SMILES string of the molecule is C[C@@H](NC(=O)C1C2CCCC21)C(=O)OC(C)(C)C. The number of carbonyl (C=O) groups excluding carboxylic acids is 2. The van der Waals surface area contributed by atoms with Crippen LogP contribution in [-0.4, -0.2) is 23.5 Å². The highest BCUT2D eigenvalue weighted by molar-refractivity contribution is 5.87. The van der Waals surface area contributed by atoms with E-state index in [9.17, 15) is 9.59 Å². The molecule has 1 N–H and O–H groups in total. The van der Waals surface area contributed by atoms with Crippen LogP contribution in [0.3, 0.4) is 0 Å². The average molecular weight is 253 g/mol. The van der Waals surface area contributed by atoms with Crippen molar-refractivity contribution in [2.24, 2.45) is 17.8 Å². The van der Waals surface area contributed by atoms with Crippen LogP contribution in [0, 0.1) is 17.8 Å². The summed E-state index contributed by atoms with van der Waals surface area (Å²) in [6, 6.07) is -0.557. The maximum absolute atomic E-state index is 12.0. The van der Waals surface area contributed by atoms with E-state index in [1.54, 1.807) is 6.92 Å². The molecular weight excluding hydrogens is 230 g/mol. The molecule has 0 saturated heterocycles. The molecule has 0 spiro atoms. The van der Waals surface area contributed by atoms with E-state index in [2.05, 4.69) is 5.32 Å². The van der Waals surface area contributed by atoms with E-state index >= 15 is 0 Å². The van der Waals surface area contributed by atoms with Gasteiger partial charge in [-0.1, -0.05) is 6.42 Å². The van der Waals surface area contributed by atoms with Gasteiger partial charge in [-0.25, -0.2) is 4.79 Å².